The highest BCUT2D eigenvalue weighted by atomic mass is 32.2. The molecule has 8 heteroatoms. The molecule has 174 valence electrons. The molecule has 32 heavy (non-hydrogen) atoms. The molecular formula is C24H33N3O4S. The van der Waals surface area contributed by atoms with E-state index in [0.29, 0.717) is 19.4 Å². The monoisotopic (exact) mass is 459 g/mol. The molecule has 0 fully saturated rings. The van der Waals surface area contributed by atoms with E-state index in [1.807, 2.05) is 38.1 Å². The molecule has 1 N–H and O–H groups in total. The van der Waals surface area contributed by atoms with Crippen LogP contribution in [0.25, 0.3) is 0 Å². The highest BCUT2D eigenvalue weighted by Crippen LogP contribution is 2.17. The van der Waals surface area contributed by atoms with Crippen LogP contribution in [-0.2, 0) is 26.2 Å². The molecule has 0 aliphatic heterocycles. The third-order valence-corrected chi connectivity index (χ3v) is 7.29. The number of hydrogen-bond donors (Lipinski definition) is 1. The lowest BCUT2D eigenvalue weighted by atomic mass is 10.1. The summed E-state index contributed by atoms with van der Waals surface area (Å²) in [4.78, 5) is 27.3. The molecule has 2 aromatic rings. The van der Waals surface area contributed by atoms with Crippen molar-refractivity contribution >= 4 is 21.8 Å². The van der Waals surface area contributed by atoms with Crippen LogP contribution in [0.1, 0.15) is 37.3 Å². The van der Waals surface area contributed by atoms with Crippen LogP contribution < -0.4 is 5.32 Å². The van der Waals surface area contributed by atoms with Gasteiger partial charge in [-0.1, -0.05) is 55.0 Å². The lowest BCUT2D eigenvalue weighted by molar-refractivity contribution is -0.141. The minimum absolute atomic E-state index is 0.147. The summed E-state index contributed by atoms with van der Waals surface area (Å²) in [6.07, 6.45) is 0.990. The van der Waals surface area contributed by atoms with Crippen LogP contribution in [0, 0.1) is 6.92 Å². The maximum absolute atomic E-state index is 13.1. The van der Waals surface area contributed by atoms with Crippen molar-refractivity contribution in [2.24, 2.45) is 0 Å². The SMILES string of the molecule is CC[C@H](C(=O)NC)N(Cc1ccc(C)cc1)C(=O)CCCN(C)S(=O)(=O)c1ccccc1. The van der Waals surface area contributed by atoms with Crippen LogP contribution in [-0.4, -0.2) is 56.1 Å². The number of sulfonamides is 1. The number of aryl methyl sites for hydroxylation is 1. The average molecular weight is 460 g/mol. The van der Waals surface area contributed by atoms with Crippen LogP contribution in [0.2, 0.25) is 0 Å². The molecule has 0 aromatic heterocycles. The number of hydrogen-bond acceptors (Lipinski definition) is 4. The Hall–Kier alpha value is -2.71. The van der Waals surface area contributed by atoms with Gasteiger partial charge in [-0.3, -0.25) is 9.59 Å². The molecule has 0 radical (unpaired) electrons. The number of carbonyl (C=O) groups is 2. The van der Waals surface area contributed by atoms with Crippen LogP contribution in [0.5, 0.6) is 0 Å². The van der Waals surface area contributed by atoms with Gasteiger partial charge in [0.05, 0.1) is 4.90 Å². The minimum Gasteiger partial charge on any atom is -0.357 e. The van der Waals surface area contributed by atoms with Crippen LogP contribution >= 0.6 is 0 Å². The van der Waals surface area contributed by atoms with Crippen molar-refractivity contribution in [3.05, 3.63) is 65.7 Å². The van der Waals surface area contributed by atoms with Gasteiger partial charge in [-0.25, -0.2) is 12.7 Å². The molecule has 0 bridgehead atoms. The first-order valence-corrected chi connectivity index (χ1v) is 12.2. The molecule has 0 unspecified atom stereocenters. The quantitative estimate of drug-likeness (QED) is 0.560. The summed E-state index contributed by atoms with van der Waals surface area (Å²) in [5, 5.41) is 2.64. The molecule has 0 aliphatic carbocycles. The summed E-state index contributed by atoms with van der Waals surface area (Å²) >= 11 is 0. The van der Waals surface area contributed by atoms with E-state index in [4.69, 9.17) is 0 Å². The zero-order valence-corrected chi connectivity index (χ0v) is 20.1. The Kier molecular flexibility index (Phi) is 9.41. The summed E-state index contributed by atoms with van der Waals surface area (Å²) in [6.45, 7) is 4.39. The molecule has 0 heterocycles. The first-order valence-electron chi connectivity index (χ1n) is 10.8. The Morgan fingerprint density at radius 2 is 1.66 bits per heavy atom. The molecule has 0 spiro atoms. The maximum Gasteiger partial charge on any atom is 0.242 e. The first kappa shape index (κ1) is 25.5. The molecule has 2 aromatic carbocycles. The predicted molar refractivity (Wildman–Crippen MR) is 125 cm³/mol. The Morgan fingerprint density at radius 3 is 2.22 bits per heavy atom. The number of rotatable bonds is 11. The van der Waals surface area contributed by atoms with Crippen molar-refractivity contribution in [1.82, 2.24) is 14.5 Å². The third kappa shape index (κ3) is 6.64. The molecular weight excluding hydrogens is 426 g/mol. The van der Waals surface area contributed by atoms with E-state index in [0.717, 1.165) is 11.1 Å². The highest BCUT2D eigenvalue weighted by Gasteiger charge is 2.28. The van der Waals surface area contributed by atoms with E-state index in [-0.39, 0.29) is 29.7 Å². The number of carbonyl (C=O) groups excluding carboxylic acids is 2. The van der Waals surface area contributed by atoms with Crippen LogP contribution in [0.3, 0.4) is 0 Å². The van der Waals surface area contributed by atoms with Gasteiger partial charge in [0.2, 0.25) is 21.8 Å². The van der Waals surface area contributed by atoms with Crippen LogP contribution in [0.4, 0.5) is 0 Å². The van der Waals surface area contributed by atoms with Gasteiger partial charge in [0, 0.05) is 33.6 Å². The first-order chi connectivity index (χ1) is 15.2. The van der Waals surface area contributed by atoms with Gasteiger partial charge in [0.1, 0.15) is 6.04 Å². The summed E-state index contributed by atoms with van der Waals surface area (Å²) in [7, 11) is -0.535. The van der Waals surface area contributed by atoms with Crippen molar-refractivity contribution in [2.75, 3.05) is 20.6 Å². The second-order valence-electron chi connectivity index (χ2n) is 7.79. The average Bonchev–Trinajstić information content (AvgIpc) is 2.80. The van der Waals surface area contributed by atoms with Gasteiger partial charge < -0.3 is 10.2 Å². The Morgan fingerprint density at radius 1 is 1.03 bits per heavy atom. The normalized spacial score (nSPS) is 12.4. The number of nitrogens with zero attached hydrogens (tertiary/aromatic N) is 2. The zero-order valence-electron chi connectivity index (χ0n) is 19.2. The predicted octanol–water partition coefficient (Wildman–Crippen LogP) is 2.95. The second-order valence-corrected chi connectivity index (χ2v) is 9.83. The van der Waals surface area contributed by atoms with E-state index in [1.165, 1.54) is 11.4 Å². The number of amides is 2. The summed E-state index contributed by atoms with van der Waals surface area (Å²) in [5.74, 6) is -0.386. The molecule has 7 nitrogen and oxygen atoms in total. The third-order valence-electron chi connectivity index (χ3n) is 5.42. The van der Waals surface area contributed by atoms with Crippen molar-refractivity contribution in [1.29, 1.82) is 0 Å². The lowest BCUT2D eigenvalue weighted by Crippen LogP contribution is -2.48. The van der Waals surface area contributed by atoms with Gasteiger partial charge in [0.15, 0.2) is 0 Å². The lowest BCUT2D eigenvalue weighted by Gasteiger charge is -2.30. The fourth-order valence-corrected chi connectivity index (χ4v) is 4.70. The van der Waals surface area contributed by atoms with E-state index >= 15 is 0 Å². The summed E-state index contributed by atoms with van der Waals surface area (Å²) < 4.78 is 26.6. The molecule has 2 rings (SSSR count). The van der Waals surface area contributed by atoms with Crippen molar-refractivity contribution < 1.29 is 18.0 Å². The van der Waals surface area contributed by atoms with Gasteiger partial charge >= 0.3 is 0 Å². The fourth-order valence-electron chi connectivity index (χ4n) is 3.47. The van der Waals surface area contributed by atoms with E-state index in [1.54, 1.807) is 42.3 Å². The van der Waals surface area contributed by atoms with Crippen LogP contribution in [0.15, 0.2) is 59.5 Å². The molecule has 0 saturated carbocycles. The summed E-state index contributed by atoms with van der Waals surface area (Å²) in [6, 6.07) is 15.5. The molecule has 0 aliphatic rings. The standard InChI is InChI=1S/C24H33N3O4S/c1-5-22(24(29)25-3)27(18-20-15-13-19(2)14-16-20)23(28)12-9-17-26(4)32(30,31)21-10-7-6-8-11-21/h6-8,10-11,13-16,22H,5,9,12,17-18H2,1-4H3,(H,25,29)/t22-/m1/s1. The van der Waals surface area contributed by atoms with Crippen molar-refractivity contribution in [2.45, 2.75) is 50.6 Å². The van der Waals surface area contributed by atoms with E-state index < -0.39 is 16.1 Å². The van der Waals surface area contributed by atoms with E-state index in [2.05, 4.69) is 5.32 Å². The number of benzene rings is 2. The van der Waals surface area contributed by atoms with Gasteiger partial charge in [-0.15, -0.1) is 0 Å². The topological polar surface area (TPSA) is 86.8 Å². The second kappa shape index (κ2) is 11.8. The Bertz CT molecular complexity index is 992. The van der Waals surface area contributed by atoms with Gasteiger partial charge in [-0.2, -0.15) is 0 Å². The van der Waals surface area contributed by atoms with Crippen molar-refractivity contribution in [3.8, 4) is 0 Å². The van der Waals surface area contributed by atoms with Gasteiger partial charge in [0.25, 0.3) is 0 Å². The number of nitrogens with one attached hydrogen (secondary N) is 1. The maximum atomic E-state index is 13.1. The molecule has 1 atom stereocenters. The Labute approximate surface area is 191 Å². The molecule has 0 saturated heterocycles. The zero-order chi connectivity index (χ0) is 23.7. The van der Waals surface area contributed by atoms with E-state index in [9.17, 15) is 18.0 Å². The largest absolute Gasteiger partial charge is 0.357 e. The fraction of sp³-hybridized carbons (Fsp3) is 0.417. The highest BCUT2D eigenvalue weighted by molar-refractivity contribution is 7.89. The Balaban J connectivity index is 2.08. The van der Waals surface area contributed by atoms with Crippen molar-refractivity contribution in [3.63, 3.8) is 0 Å². The summed E-state index contributed by atoms with van der Waals surface area (Å²) in [5.41, 5.74) is 2.06. The minimum atomic E-state index is -3.60. The smallest absolute Gasteiger partial charge is 0.242 e. The van der Waals surface area contributed by atoms with Gasteiger partial charge in [-0.05, 0) is 37.5 Å². The molecule has 2 amide bonds. The number of likely N-dealkylation sites (N-methyl/N-ethyl adjacent to an activating group) is 1.